The van der Waals surface area contributed by atoms with Crippen LogP contribution in [-0.4, -0.2) is 40.0 Å². The van der Waals surface area contributed by atoms with Gasteiger partial charge < -0.3 is 11.1 Å². The lowest BCUT2D eigenvalue weighted by molar-refractivity contribution is 0.611. The summed E-state index contributed by atoms with van der Waals surface area (Å²) in [6.45, 7) is 1.14. The highest BCUT2D eigenvalue weighted by Gasteiger charge is 2.24. The molecule has 3 unspecified atom stereocenters. The molecule has 0 aliphatic carbocycles. The molecule has 3 atom stereocenters. The Kier molecular flexibility index (Phi) is 4.36. The third-order valence-corrected chi connectivity index (χ3v) is 5.02. The first-order valence-electron chi connectivity index (χ1n) is 5.84. The van der Waals surface area contributed by atoms with Crippen molar-refractivity contribution in [1.29, 1.82) is 0 Å². The molecular formula is C12H17N3O2S2. The van der Waals surface area contributed by atoms with E-state index in [9.17, 15) is 8.42 Å². The fourth-order valence-electron chi connectivity index (χ4n) is 2.18. The Hall–Kier alpha value is -1.21. The second-order valence-electron chi connectivity index (χ2n) is 4.38. The van der Waals surface area contributed by atoms with Gasteiger partial charge in [0.05, 0.1) is 28.1 Å². The molecule has 104 valence electrons. The van der Waals surface area contributed by atoms with Crippen LogP contribution in [0.15, 0.2) is 33.0 Å². The fraction of sp³-hybridized carbons (Fsp3) is 0.417. The van der Waals surface area contributed by atoms with E-state index in [1.165, 1.54) is 0 Å². The topological polar surface area (TPSA) is 84.5 Å². The number of aliphatic imine (C=N–C) groups is 1. The predicted octanol–water partition coefficient (Wildman–Crippen LogP) is 0.163. The fourth-order valence-corrected chi connectivity index (χ4v) is 3.96. The molecule has 0 radical (unpaired) electrons. The summed E-state index contributed by atoms with van der Waals surface area (Å²) >= 11 is 0. The van der Waals surface area contributed by atoms with Gasteiger partial charge in [0.2, 0.25) is 0 Å². The minimum Gasteiger partial charge on any atom is -0.370 e. The van der Waals surface area contributed by atoms with Gasteiger partial charge in [0.15, 0.2) is 5.96 Å². The summed E-state index contributed by atoms with van der Waals surface area (Å²) in [6, 6.07) is 5.44. The summed E-state index contributed by atoms with van der Waals surface area (Å²) < 4.78 is 23.8. The minimum atomic E-state index is -1.12. The van der Waals surface area contributed by atoms with Gasteiger partial charge in [0.1, 0.15) is 0 Å². The number of hydrogen-bond acceptors (Lipinski definition) is 5. The maximum absolute atomic E-state index is 11.9. The first kappa shape index (κ1) is 14.2. The van der Waals surface area contributed by atoms with E-state index in [-0.39, 0.29) is 5.92 Å². The number of hydrogen-bond donors (Lipinski definition) is 2. The van der Waals surface area contributed by atoms with E-state index in [4.69, 9.17) is 5.73 Å². The number of nitrogens with one attached hydrogen (secondary N) is 1. The van der Waals surface area contributed by atoms with Gasteiger partial charge in [-0.25, -0.2) is 0 Å². The second kappa shape index (κ2) is 5.83. The van der Waals surface area contributed by atoms with Crippen molar-refractivity contribution in [2.75, 3.05) is 25.6 Å². The van der Waals surface area contributed by atoms with Crippen LogP contribution in [0.25, 0.3) is 0 Å². The molecule has 1 heterocycles. The Labute approximate surface area is 117 Å². The molecule has 0 bridgehead atoms. The van der Waals surface area contributed by atoms with Crippen LogP contribution in [0, 0.1) is 0 Å². The predicted molar refractivity (Wildman–Crippen MR) is 78.3 cm³/mol. The molecule has 1 aromatic carbocycles. The van der Waals surface area contributed by atoms with Gasteiger partial charge in [-0.05, 0) is 17.7 Å². The first-order chi connectivity index (χ1) is 9.00. The van der Waals surface area contributed by atoms with E-state index in [0.29, 0.717) is 19.0 Å². The monoisotopic (exact) mass is 299 g/mol. The van der Waals surface area contributed by atoms with Gasteiger partial charge in [-0.15, -0.1) is 0 Å². The summed E-state index contributed by atoms with van der Waals surface area (Å²) in [5, 5.41) is 2.99. The zero-order valence-corrected chi connectivity index (χ0v) is 12.5. The molecule has 2 rings (SSSR count). The van der Waals surface area contributed by atoms with E-state index in [1.54, 1.807) is 18.6 Å². The van der Waals surface area contributed by atoms with E-state index in [2.05, 4.69) is 10.3 Å². The molecule has 19 heavy (non-hydrogen) atoms. The van der Waals surface area contributed by atoms with Gasteiger partial charge >= 0.3 is 0 Å². The van der Waals surface area contributed by atoms with Crippen LogP contribution >= 0.6 is 0 Å². The number of nitrogens with two attached hydrogens (primary N) is 1. The maximum atomic E-state index is 11.9. The quantitative estimate of drug-likeness (QED) is 0.833. The number of guanidine groups is 1. The molecule has 0 aromatic heterocycles. The Bertz CT molecular complexity index is 540. The second-order valence-corrected chi connectivity index (χ2v) is 7.08. The highest BCUT2D eigenvalue weighted by Crippen LogP contribution is 2.29. The van der Waals surface area contributed by atoms with Crippen LogP contribution in [0.5, 0.6) is 0 Å². The molecule has 0 saturated heterocycles. The number of nitrogens with zero attached hydrogens (tertiary/aromatic N) is 1. The van der Waals surface area contributed by atoms with Crippen molar-refractivity contribution in [3.63, 3.8) is 0 Å². The van der Waals surface area contributed by atoms with E-state index in [1.807, 2.05) is 12.1 Å². The average molecular weight is 299 g/mol. The summed E-state index contributed by atoms with van der Waals surface area (Å²) in [5.41, 5.74) is 6.47. The number of rotatable bonds is 3. The van der Waals surface area contributed by atoms with Crippen molar-refractivity contribution in [2.24, 2.45) is 10.7 Å². The number of benzene rings is 1. The van der Waals surface area contributed by atoms with Crippen LogP contribution in [0.2, 0.25) is 0 Å². The maximum Gasteiger partial charge on any atom is 0.188 e. The summed E-state index contributed by atoms with van der Waals surface area (Å²) in [7, 11) is -2.24. The van der Waals surface area contributed by atoms with Crippen LogP contribution < -0.4 is 11.1 Å². The molecule has 0 saturated carbocycles. The van der Waals surface area contributed by atoms with Crippen LogP contribution in [0.1, 0.15) is 11.5 Å². The van der Waals surface area contributed by atoms with Crippen molar-refractivity contribution in [2.45, 2.75) is 15.7 Å². The van der Waals surface area contributed by atoms with Crippen molar-refractivity contribution in [3.05, 3.63) is 23.8 Å². The van der Waals surface area contributed by atoms with Crippen LogP contribution in [0.3, 0.4) is 0 Å². The lowest BCUT2D eigenvalue weighted by atomic mass is 9.98. The Balaban J connectivity index is 2.52. The van der Waals surface area contributed by atoms with Crippen molar-refractivity contribution in [3.8, 4) is 0 Å². The molecule has 1 aliphatic heterocycles. The zero-order valence-electron chi connectivity index (χ0n) is 10.9. The van der Waals surface area contributed by atoms with Crippen LogP contribution in [0.4, 0.5) is 0 Å². The van der Waals surface area contributed by atoms with Gasteiger partial charge in [-0.3, -0.25) is 13.4 Å². The van der Waals surface area contributed by atoms with E-state index < -0.39 is 21.6 Å². The lowest BCUT2D eigenvalue weighted by Crippen LogP contribution is -2.40. The Morgan fingerprint density at radius 3 is 2.26 bits per heavy atom. The summed E-state index contributed by atoms with van der Waals surface area (Å²) in [4.78, 5) is 5.64. The van der Waals surface area contributed by atoms with Gasteiger partial charge in [0, 0.05) is 34.8 Å². The van der Waals surface area contributed by atoms with Crippen molar-refractivity contribution < 1.29 is 8.42 Å². The zero-order chi connectivity index (χ0) is 14.0. The molecule has 0 fully saturated rings. The highest BCUT2D eigenvalue weighted by atomic mass is 32.2. The molecule has 0 amide bonds. The molecule has 3 N–H and O–H groups in total. The van der Waals surface area contributed by atoms with Gasteiger partial charge in [-0.2, -0.15) is 0 Å². The molecule has 1 aliphatic rings. The molecule has 5 nitrogen and oxygen atoms in total. The van der Waals surface area contributed by atoms with Crippen molar-refractivity contribution >= 4 is 27.6 Å². The third kappa shape index (κ3) is 3.03. The molecule has 0 spiro atoms. The Morgan fingerprint density at radius 1 is 1.26 bits per heavy atom. The molecule has 7 heteroatoms. The van der Waals surface area contributed by atoms with Gasteiger partial charge in [-0.1, -0.05) is 6.07 Å². The third-order valence-electron chi connectivity index (χ3n) is 3.07. The normalized spacial score (nSPS) is 22.2. The van der Waals surface area contributed by atoms with Crippen LogP contribution in [-0.2, 0) is 21.6 Å². The van der Waals surface area contributed by atoms with Gasteiger partial charge in [0.25, 0.3) is 0 Å². The largest absolute Gasteiger partial charge is 0.370 e. The summed E-state index contributed by atoms with van der Waals surface area (Å²) in [5.74, 6) is 0.469. The SMILES string of the molecule is CS(=O)c1cccc(S(C)=O)c1C1CN=C(N)NC1. The van der Waals surface area contributed by atoms with Crippen molar-refractivity contribution in [1.82, 2.24) is 5.32 Å². The van der Waals surface area contributed by atoms with E-state index >= 15 is 0 Å². The first-order valence-corrected chi connectivity index (χ1v) is 8.96. The Morgan fingerprint density at radius 2 is 1.84 bits per heavy atom. The molecule has 1 aromatic rings. The standard InChI is InChI=1S/C12H17N3O2S2/c1-18(16)9-4-3-5-10(19(2)17)11(9)8-6-14-12(13)15-7-8/h3-5,8H,6-7H2,1-2H3,(H3,13,14,15). The van der Waals surface area contributed by atoms with E-state index in [0.717, 1.165) is 15.4 Å². The minimum absolute atomic E-state index is 0.0475. The lowest BCUT2D eigenvalue weighted by Gasteiger charge is -2.24. The summed E-state index contributed by atoms with van der Waals surface area (Å²) in [6.07, 6.45) is 3.27. The smallest absolute Gasteiger partial charge is 0.188 e. The average Bonchev–Trinajstić information content (AvgIpc) is 2.38. The highest BCUT2D eigenvalue weighted by molar-refractivity contribution is 7.85. The molecular weight excluding hydrogens is 282 g/mol.